The monoisotopic (exact) mass is 226 g/mol. The molecule has 4 nitrogen and oxygen atoms in total. The molecule has 0 atom stereocenters. The van der Waals surface area contributed by atoms with Gasteiger partial charge in [-0.2, -0.15) is 0 Å². The molecular weight excluding hydrogens is 216 g/mol. The molecule has 6 heteroatoms. The van der Waals surface area contributed by atoms with E-state index in [0.29, 0.717) is 0 Å². The van der Waals surface area contributed by atoms with Gasteiger partial charge in [0.25, 0.3) is 0 Å². The number of aromatic nitrogens is 3. The Kier molecular flexibility index (Phi) is 2.85. The van der Waals surface area contributed by atoms with E-state index in [1.165, 1.54) is 0 Å². The molecule has 0 bridgehead atoms. The van der Waals surface area contributed by atoms with Crippen LogP contribution in [-0.2, 0) is 6.54 Å². The molecule has 0 amide bonds. The van der Waals surface area contributed by atoms with Crippen LogP contribution < -0.4 is 5.32 Å². The minimum Gasteiger partial charge on any atom is -0.313 e. The fourth-order valence-electron chi connectivity index (χ4n) is 1.04. The van der Waals surface area contributed by atoms with Crippen LogP contribution in [0.15, 0.2) is 6.20 Å². The number of hydrogen-bond acceptors (Lipinski definition) is 6. The zero-order chi connectivity index (χ0) is 9.97. The van der Waals surface area contributed by atoms with E-state index < -0.39 is 0 Å². The lowest BCUT2D eigenvalue weighted by molar-refractivity contribution is 0.795. The topological polar surface area (TPSA) is 50.7 Å². The smallest absolute Gasteiger partial charge is 0.159 e. The minimum absolute atomic E-state index is 0.773. The highest BCUT2D eigenvalue weighted by Gasteiger charge is 2.08. The molecule has 0 saturated heterocycles. The Morgan fingerprint density at radius 1 is 1.36 bits per heavy atom. The number of nitrogens with zero attached hydrogens (tertiary/aromatic N) is 3. The van der Waals surface area contributed by atoms with Crippen LogP contribution in [0.25, 0.3) is 9.88 Å². The molecule has 2 heterocycles. The molecule has 0 spiro atoms. The molecule has 14 heavy (non-hydrogen) atoms. The predicted molar refractivity (Wildman–Crippen MR) is 58.5 cm³/mol. The highest BCUT2D eigenvalue weighted by Crippen LogP contribution is 2.28. The van der Waals surface area contributed by atoms with E-state index in [2.05, 4.69) is 20.5 Å². The summed E-state index contributed by atoms with van der Waals surface area (Å²) < 4.78 is 0. The van der Waals surface area contributed by atoms with Gasteiger partial charge in [0.15, 0.2) is 5.01 Å². The van der Waals surface area contributed by atoms with Crippen molar-refractivity contribution >= 4 is 22.7 Å². The molecule has 1 N–H and O–H groups in total. The zero-order valence-corrected chi connectivity index (χ0v) is 9.58. The fraction of sp³-hybridized carbons (Fsp3) is 0.375. The maximum atomic E-state index is 4.19. The molecule has 2 aromatic rings. The van der Waals surface area contributed by atoms with E-state index in [4.69, 9.17) is 0 Å². The normalized spacial score (nSPS) is 10.7. The summed E-state index contributed by atoms with van der Waals surface area (Å²) in [7, 11) is 1.90. The van der Waals surface area contributed by atoms with Crippen LogP contribution in [0.2, 0.25) is 0 Å². The van der Waals surface area contributed by atoms with E-state index in [1.807, 2.05) is 20.2 Å². The van der Waals surface area contributed by atoms with Gasteiger partial charge in [0.1, 0.15) is 5.01 Å². The largest absolute Gasteiger partial charge is 0.313 e. The fourth-order valence-corrected chi connectivity index (χ4v) is 2.70. The Balaban J connectivity index is 2.24. The van der Waals surface area contributed by atoms with Crippen LogP contribution in [0.4, 0.5) is 0 Å². The third kappa shape index (κ3) is 1.97. The van der Waals surface area contributed by atoms with Gasteiger partial charge in [0, 0.05) is 12.7 Å². The highest BCUT2D eigenvalue weighted by atomic mass is 32.1. The molecule has 2 aromatic heterocycles. The van der Waals surface area contributed by atoms with Crippen LogP contribution >= 0.6 is 22.7 Å². The third-order valence-corrected chi connectivity index (χ3v) is 3.63. The van der Waals surface area contributed by atoms with E-state index in [0.717, 1.165) is 26.4 Å². The Morgan fingerprint density at radius 2 is 2.21 bits per heavy atom. The van der Waals surface area contributed by atoms with Gasteiger partial charge in [0.2, 0.25) is 0 Å². The van der Waals surface area contributed by atoms with Crippen molar-refractivity contribution in [2.75, 3.05) is 7.05 Å². The first kappa shape index (κ1) is 9.70. The zero-order valence-electron chi connectivity index (χ0n) is 7.94. The highest BCUT2D eigenvalue weighted by molar-refractivity contribution is 7.21. The van der Waals surface area contributed by atoms with Gasteiger partial charge in [-0.3, -0.25) is 0 Å². The Bertz CT molecular complexity index is 420. The van der Waals surface area contributed by atoms with Crippen molar-refractivity contribution in [1.29, 1.82) is 0 Å². The molecule has 2 rings (SSSR count). The van der Waals surface area contributed by atoms with Crippen molar-refractivity contribution in [3.8, 4) is 9.88 Å². The molecule has 0 aliphatic heterocycles. The van der Waals surface area contributed by atoms with Crippen molar-refractivity contribution < 1.29 is 0 Å². The molecule has 0 radical (unpaired) electrons. The van der Waals surface area contributed by atoms with Gasteiger partial charge in [0.05, 0.1) is 9.88 Å². The molecule has 0 saturated carbocycles. The second kappa shape index (κ2) is 4.12. The quantitative estimate of drug-likeness (QED) is 0.865. The van der Waals surface area contributed by atoms with Gasteiger partial charge in [-0.05, 0) is 14.0 Å². The Morgan fingerprint density at radius 3 is 2.86 bits per heavy atom. The average molecular weight is 226 g/mol. The van der Waals surface area contributed by atoms with Crippen LogP contribution in [0.5, 0.6) is 0 Å². The predicted octanol–water partition coefficient (Wildman–Crippen LogP) is 1.69. The van der Waals surface area contributed by atoms with E-state index in [1.54, 1.807) is 22.7 Å². The van der Waals surface area contributed by atoms with Crippen LogP contribution in [0.1, 0.15) is 10.0 Å². The molecule has 0 aliphatic carbocycles. The molecule has 0 fully saturated rings. The second-order valence-electron chi connectivity index (χ2n) is 2.77. The molecular formula is C8H10N4S2. The SMILES string of the molecule is CNCc1nnc(-c2cnc(C)s2)s1. The van der Waals surface area contributed by atoms with Crippen molar-refractivity contribution in [3.05, 3.63) is 16.2 Å². The van der Waals surface area contributed by atoms with Crippen molar-refractivity contribution in [3.63, 3.8) is 0 Å². The lowest BCUT2D eigenvalue weighted by Crippen LogP contribution is -2.04. The number of rotatable bonds is 3. The van der Waals surface area contributed by atoms with Gasteiger partial charge < -0.3 is 5.32 Å². The maximum absolute atomic E-state index is 4.19. The molecule has 74 valence electrons. The van der Waals surface area contributed by atoms with Crippen LogP contribution in [0, 0.1) is 6.92 Å². The Labute approximate surface area is 90.0 Å². The summed E-state index contributed by atoms with van der Waals surface area (Å²) in [4.78, 5) is 5.29. The summed E-state index contributed by atoms with van der Waals surface area (Å²) in [5.41, 5.74) is 0. The van der Waals surface area contributed by atoms with Crippen molar-refractivity contribution in [2.45, 2.75) is 13.5 Å². The molecule has 0 aromatic carbocycles. The van der Waals surface area contributed by atoms with Crippen LogP contribution in [-0.4, -0.2) is 22.2 Å². The lowest BCUT2D eigenvalue weighted by atomic mass is 10.6. The van der Waals surface area contributed by atoms with Crippen molar-refractivity contribution in [1.82, 2.24) is 20.5 Å². The molecule has 0 unspecified atom stereocenters. The summed E-state index contributed by atoms with van der Waals surface area (Å²) in [5.74, 6) is 0. The van der Waals surface area contributed by atoms with Crippen molar-refractivity contribution in [2.24, 2.45) is 0 Å². The summed E-state index contributed by atoms with van der Waals surface area (Å²) in [5, 5.41) is 14.3. The van der Waals surface area contributed by atoms with Gasteiger partial charge >= 0.3 is 0 Å². The number of nitrogens with one attached hydrogen (secondary N) is 1. The first-order valence-corrected chi connectivity index (χ1v) is 5.82. The number of hydrogen-bond donors (Lipinski definition) is 1. The third-order valence-electron chi connectivity index (χ3n) is 1.63. The summed E-state index contributed by atoms with van der Waals surface area (Å²) >= 11 is 3.26. The van der Waals surface area contributed by atoms with E-state index in [-0.39, 0.29) is 0 Å². The van der Waals surface area contributed by atoms with E-state index in [9.17, 15) is 0 Å². The Hall–Kier alpha value is -0.850. The van der Waals surface area contributed by atoms with Gasteiger partial charge in [-0.1, -0.05) is 11.3 Å². The average Bonchev–Trinajstić information content (AvgIpc) is 2.74. The van der Waals surface area contributed by atoms with Gasteiger partial charge in [-0.25, -0.2) is 4.98 Å². The number of aryl methyl sites for hydroxylation is 1. The second-order valence-corrected chi connectivity index (χ2v) is 5.07. The maximum Gasteiger partial charge on any atom is 0.159 e. The summed E-state index contributed by atoms with van der Waals surface area (Å²) in [6.07, 6.45) is 1.85. The molecule has 0 aliphatic rings. The first-order chi connectivity index (χ1) is 6.79. The number of thiazole rings is 1. The van der Waals surface area contributed by atoms with Crippen LogP contribution in [0.3, 0.4) is 0 Å². The van der Waals surface area contributed by atoms with Gasteiger partial charge in [-0.15, -0.1) is 21.5 Å². The summed E-state index contributed by atoms with van der Waals surface area (Å²) in [6.45, 7) is 2.76. The minimum atomic E-state index is 0.773. The van der Waals surface area contributed by atoms with E-state index >= 15 is 0 Å². The standard InChI is InChI=1S/C8H10N4S2/c1-5-10-3-6(13-5)8-12-11-7(14-8)4-9-2/h3,9H,4H2,1-2H3. The lowest BCUT2D eigenvalue weighted by Gasteiger charge is -1.87. The summed E-state index contributed by atoms with van der Waals surface area (Å²) in [6, 6.07) is 0. The first-order valence-electron chi connectivity index (χ1n) is 4.19.